The van der Waals surface area contributed by atoms with Crippen LogP contribution in [0.5, 0.6) is 0 Å². The average molecular weight is 115 g/mol. The molecule has 5 heteroatoms. The van der Waals surface area contributed by atoms with Crippen LogP contribution in [0.2, 0.25) is 0 Å². The number of nitrogens with one attached hydrogen (secondary N) is 1. The van der Waals surface area contributed by atoms with E-state index in [-0.39, 0.29) is 12.3 Å². The average Bonchev–Trinajstić information content (AvgIpc) is 0.918. The molecule has 0 aromatic heterocycles. The lowest BCUT2D eigenvalue weighted by atomic mass is 13.9. The molecule has 0 aromatic rings. The standard InChI is InChI=1S/H5NP2.2H3N/c2-1-3;;/h1H,2-3H2;2*1H3. The van der Waals surface area contributed by atoms with Crippen LogP contribution in [0, 0.1) is 0 Å². The van der Waals surface area contributed by atoms with Gasteiger partial charge in [0.2, 0.25) is 0 Å². The summed E-state index contributed by atoms with van der Waals surface area (Å²) in [5.74, 6) is 0. The zero-order valence-electron chi connectivity index (χ0n) is 3.07. The zero-order chi connectivity index (χ0) is 2.71. The first-order valence-electron chi connectivity index (χ1n) is 0.577. The molecule has 0 saturated carbocycles. The quantitative estimate of drug-likeness (QED) is 0.401. The van der Waals surface area contributed by atoms with Gasteiger partial charge in [0.05, 0.1) is 0 Å². The molecule has 0 aromatic carbocycles. The summed E-state index contributed by atoms with van der Waals surface area (Å²) < 4.78 is 0. The minimum Gasteiger partial charge on any atom is -0.344 e. The summed E-state index contributed by atoms with van der Waals surface area (Å²) in [4.78, 5) is 2.58. The third kappa shape index (κ3) is 65.0. The molecule has 7 N–H and O–H groups in total. The Hall–Kier alpha value is 0.740. The highest BCUT2D eigenvalue weighted by molar-refractivity contribution is 7.31. The van der Waals surface area contributed by atoms with Gasteiger partial charge in [-0.05, 0) is 0 Å². The van der Waals surface area contributed by atoms with Crippen LogP contribution in [0.1, 0.15) is 0 Å². The molecule has 5 heavy (non-hydrogen) atoms. The smallest absolute Gasteiger partial charge is 0.0657 e. The van der Waals surface area contributed by atoms with E-state index >= 15 is 0 Å². The topological polar surface area (TPSA) is 82.0 Å². The summed E-state index contributed by atoms with van der Waals surface area (Å²) in [7, 11) is 4.58. The van der Waals surface area contributed by atoms with Gasteiger partial charge in [-0.2, -0.15) is 0 Å². The Morgan fingerprint density at radius 3 is 1.00 bits per heavy atom. The lowest BCUT2D eigenvalue weighted by molar-refractivity contribution is 1.78. The molecule has 0 spiro atoms. The molecule has 0 bridgehead atoms. The summed E-state index contributed by atoms with van der Waals surface area (Å²) in [6, 6.07) is 0. The predicted octanol–water partition coefficient (Wildman–Crippen LogP) is 0.480. The Labute approximate surface area is 37.0 Å². The van der Waals surface area contributed by atoms with Crippen molar-refractivity contribution in [2.75, 3.05) is 0 Å². The molecule has 0 saturated heterocycles. The van der Waals surface area contributed by atoms with Crippen molar-refractivity contribution in [2.24, 2.45) is 0 Å². The summed E-state index contributed by atoms with van der Waals surface area (Å²) >= 11 is 0. The van der Waals surface area contributed by atoms with Gasteiger partial charge in [0.25, 0.3) is 0 Å². The first-order valence-corrected chi connectivity index (χ1v) is 1.73. The Morgan fingerprint density at radius 1 is 1.00 bits per heavy atom. The van der Waals surface area contributed by atoms with E-state index in [2.05, 4.69) is 23.6 Å². The Morgan fingerprint density at radius 2 is 1.00 bits per heavy atom. The number of hydrogen-bond acceptors (Lipinski definition) is 3. The van der Waals surface area contributed by atoms with E-state index in [0.717, 1.165) is 0 Å². The van der Waals surface area contributed by atoms with E-state index in [1.54, 1.807) is 0 Å². The summed E-state index contributed by atoms with van der Waals surface area (Å²) in [6.07, 6.45) is 0. The van der Waals surface area contributed by atoms with E-state index in [1.807, 2.05) is 0 Å². The second kappa shape index (κ2) is 21.9. The van der Waals surface area contributed by atoms with Crippen molar-refractivity contribution in [2.45, 2.75) is 0 Å². The summed E-state index contributed by atoms with van der Waals surface area (Å²) in [6.45, 7) is 0. The van der Waals surface area contributed by atoms with E-state index < -0.39 is 0 Å². The Kier molecular flexibility index (Phi) is 75.2. The van der Waals surface area contributed by atoms with E-state index in [4.69, 9.17) is 0 Å². The van der Waals surface area contributed by atoms with Crippen molar-refractivity contribution in [1.82, 2.24) is 17.2 Å². The lowest BCUT2D eigenvalue weighted by Gasteiger charge is -1.59. The molecule has 0 heterocycles. The van der Waals surface area contributed by atoms with Crippen molar-refractivity contribution in [3.05, 3.63) is 0 Å². The predicted molar refractivity (Wildman–Crippen MR) is 32.6 cm³/mol. The number of hydrogen-bond donors (Lipinski definition) is 3. The van der Waals surface area contributed by atoms with Gasteiger partial charge in [0, 0.05) is 0 Å². The van der Waals surface area contributed by atoms with Gasteiger partial charge >= 0.3 is 0 Å². The fourth-order valence-corrected chi connectivity index (χ4v) is 0. The first kappa shape index (κ1) is 17.2. The van der Waals surface area contributed by atoms with Crippen LogP contribution in [-0.4, -0.2) is 0 Å². The van der Waals surface area contributed by atoms with Gasteiger partial charge in [-0.3, -0.25) is 4.86 Å². The maximum absolute atomic E-state index is 2.58. The highest BCUT2D eigenvalue weighted by atomic mass is 31.1. The van der Waals surface area contributed by atoms with E-state index in [1.165, 1.54) is 0 Å². The molecule has 36 valence electrons. The molecule has 0 amide bonds. The second-order valence-electron chi connectivity index (χ2n) is 0.167. The largest absolute Gasteiger partial charge is 0.344 e. The first-order chi connectivity index (χ1) is 1.41. The van der Waals surface area contributed by atoms with Gasteiger partial charge in [-0.1, -0.05) is 18.8 Å². The van der Waals surface area contributed by atoms with Crippen LogP contribution in [0.4, 0.5) is 0 Å². The van der Waals surface area contributed by atoms with Crippen LogP contribution in [-0.2, 0) is 0 Å². The molecule has 0 aliphatic rings. The van der Waals surface area contributed by atoms with Crippen LogP contribution < -0.4 is 17.2 Å². The van der Waals surface area contributed by atoms with Gasteiger partial charge in [0.1, 0.15) is 0 Å². The molecular weight excluding hydrogens is 104 g/mol. The molecule has 0 fully saturated rings. The highest BCUT2D eigenvalue weighted by Crippen LogP contribution is 1.69. The summed E-state index contributed by atoms with van der Waals surface area (Å²) in [5.41, 5.74) is 0. The van der Waals surface area contributed by atoms with Crippen molar-refractivity contribution >= 4 is 18.8 Å². The van der Waals surface area contributed by atoms with Crippen molar-refractivity contribution < 1.29 is 0 Å². The molecule has 0 aliphatic heterocycles. The second-order valence-corrected chi connectivity index (χ2v) is 1.50. The lowest BCUT2D eigenvalue weighted by Crippen LogP contribution is -1.54. The van der Waals surface area contributed by atoms with E-state index in [0.29, 0.717) is 0 Å². The van der Waals surface area contributed by atoms with Crippen molar-refractivity contribution in [1.29, 1.82) is 0 Å². The number of rotatable bonds is 0. The molecule has 2 unspecified atom stereocenters. The van der Waals surface area contributed by atoms with Crippen molar-refractivity contribution in [3.8, 4) is 0 Å². The summed E-state index contributed by atoms with van der Waals surface area (Å²) in [5, 5.41) is 0. The van der Waals surface area contributed by atoms with Crippen LogP contribution in [0.25, 0.3) is 0 Å². The van der Waals surface area contributed by atoms with Crippen molar-refractivity contribution in [3.63, 3.8) is 0 Å². The maximum Gasteiger partial charge on any atom is -0.0657 e. The maximum atomic E-state index is 2.58. The van der Waals surface area contributed by atoms with Crippen LogP contribution >= 0.6 is 18.8 Å². The molecule has 2 atom stereocenters. The molecular formula is H11N3P2. The Balaban J connectivity index is -0.0000000200. The SMILES string of the molecule is N.N.PNP. The zero-order valence-corrected chi connectivity index (χ0v) is 5.38. The fraction of sp³-hybridized carbons (Fsp3) is 0. The third-order valence-corrected chi connectivity index (χ3v) is 0. The molecule has 0 aliphatic carbocycles. The molecule has 0 radical (unpaired) electrons. The van der Waals surface area contributed by atoms with Crippen LogP contribution in [0.3, 0.4) is 0 Å². The van der Waals surface area contributed by atoms with Gasteiger partial charge < -0.3 is 12.3 Å². The van der Waals surface area contributed by atoms with Gasteiger partial charge in [-0.15, -0.1) is 0 Å². The minimum atomic E-state index is 0. The molecule has 3 nitrogen and oxygen atoms in total. The monoisotopic (exact) mass is 115 g/mol. The third-order valence-electron chi connectivity index (χ3n) is 0. The highest BCUT2D eigenvalue weighted by Gasteiger charge is 1.24. The van der Waals surface area contributed by atoms with Crippen LogP contribution in [0.15, 0.2) is 0 Å². The normalized spacial score (nSPS) is 3.60. The minimum absolute atomic E-state index is 0. The Bertz CT molecular complexity index is 4.85. The van der Waals surface area contributed by atoms with Gasteiger partial charge in [-0.25, -0.2) is 0 Å². The molecule has 0 rings (SSSR count). The van der Waals surface area contributed by atoms with E-state index in [9.17, 15) is 0 Å². The fourth-order valence-electron chi connectivity index (χ4n) is 0. The van der Waals surface area contributed by atoms with Gasteiger partial charge in [0.15, 0.2) is 0 Å².